The molecule has 2 aliphatic rings. The molecule has 6 rings (SSSR count). The molecule has 37 heavy (non-hydrogen) atoms. The maximum Gasteiger partial charge on any atom is 0.270 e. The molecular weight excluding hydrogens is 480 g/mol. The quantitative estimate of drug-likeness (QED) is 0.379. The van der Waals surface area contributed by atoms with Crippen molar-refractivity contribution >= 4 is 28.1 Å². The summed E-state index contributed by atoms with van der Waals surface area (Å²) in [4.78, 5) is 34.8. The van der Waals surface area contributed by atoms with Gasteiger partial charge in [0, 0.05) is 30.2 Å². The number of aryl methyl sites for hydroxylation is 2. The van der Waals surface area contributed by atoms with Crippen LogP contribution in [0, 0.1) is 31.6 Å². The van der Waals surface area contributed by atoms with Crippen molar-refractivity contribution in [3.05, 3.63) is 82.6 Å². The molecule has 1 N–H and O–H groups in total. The normalized spacial score (nSPS) is 22.9. The molecule has 2 amide bonds. The Morgan fingerprint density at radius 1 is 1.11 bits per heavy atom. The number of fused-ring (bicyclic) bond motifs is 2. The minimum atomic E-state index is -0.134. The van der Waals surface area contributed by atoms with E-state index in [1.54, 1.807) is 0 Å². The van der Waals surface area contributed by atoms with E-state index in [0.29, 0.717) is 30.0 Å². The van der Waals surface area contributed by atoms with Gasteiger partial charge in [0.1, 0.15) is 5.69 Å². The molecule has 4 aromatic rings. The Kier molecular flexibility index (Phi) is 6.11. The summed E-state index contributed by atoms with van der Waals surface area (Å²) >= 11 is 1.52. The van der Waals surface area contributed by atoms with Gasteiger partial charge in [-0.05, 0) is 61.6 Å². The molecular formula is C30H32N4O2S. The summed E-state index contributed by atoms with van der Waals surface area (Å²) < 4.78 is 1.85. The van der Waals surface area contributed by atoms with Crippen molar-refractivity contribution in [3.8, 4) is 11.1 Å². The number of rotatable bonds is 5. The van der Waals surface area contributed by atoms with E-state index in [1.165, 1.54) is 16.9 Å². The highest BCUT2D eigenvalue weighted by Crippen LogP contribution is 2.45. The first-order valence-electron chi connectivity index (χ1n) is 13.1. The summed E-state index contributed by atoms with van der Waals surface area (Å²) in [6.45, 7) is 7.44. The zero-order chi connectivity index (χ0) is 25.7. The number of benzene rings is 2. The molecule has 6 nitrogen and oxygen atoms in total. The summed E-state index contributed by atoms with van der Waals surface area (Å²) in [5.74, 6) is 1.45. The molecule has 4 atom stereocenters. The third-order valence-electron chi connectivity index (χ3n) is 8.18. The Balaban J connectivity index is 1.28. The standard InChI is InChI=1S/C30H32N4O2S/c1-18-7-6-8-21(13-18)23-9-4-5-10-24(23)29(36)34-17-22-14-19(2)15-25(22)26(34)16-31-28(35)27-20(3)32-30-33(27)11-12-37-30/h4-13,19,22,25-26H,14-17H2,1-3H3,(H,31,35)/t19?,22-,25-,26+/m0/s1. The number of hydrogen-bond acceptors (Lipinski definition) is 4. The molecule has 7 heteroatoms. The van der Waals surface area contributed by atoms with Gasteiger partial charge in [-0.25, -0.2) is 4.98 Å². The topological polar surface area (TPSA) is 66.7 Å². The van der Waals surface area contributed by atoms with Crippen molar-refractivity contribution in [2.24, 2.45) is 17.8 Å². The zero-order valence-corrected chi connectivity index (χ0v) is 22.3. The van der Waals surface area contributed by atoms with Gasteiger partial charge in [0.2, 0.25) is 0 Å². The fourth-order valence-corrected chi connectivity index (χ4v) is 7.34. The van der Waals surface area contributed by atoms with Crippen molar-refractivity contribution < 1.29 is 9.59 Å². The number of thiazole rings is 1. The van der Waals surface area contributed by atoms with Crippen LogP contribution in [0.15, 0.2) is 60.1 Å². The molecule has 1 aliphatic heterocycles. The van der Waals surface area contributed by atoms with Crippen LogP contribution in [0.25, 0.3) is 16.1 Å². The van der Waals surface area contributed by atoms with E-state index in [9.17, 15) is 9.59 Å². The average Bonchev–Trinajstić information content (AvgIpc) is 3.62. The Hall–Kier alpha value is -3.45. The first-order valence-corrected chi connectivity index (χ1v) is 14.0. The van der Waals surface area contributed by atoms with Gasteiger partial charge in [-0.1, -0.05) is 55.0 Å². The van der Waals surface area contributed by atoms with Gasteiger partial charge in [-0.15, -0.1) is 11.3 Å². The van der Waals surface area contributed by atoms with Crippen LogP contribution < -0.4 is 5.32 Å². The molecule has 190 valence electrons. The Morgan fingerprint density at radius 2 is 1.95 bits per heavy atom. The number of carbonyl (C=O) groups excluding carboxylic acids is 2. The molecule has 0 spiro atoms. The van der Waals surface area contributed by atoms with Crippen LogP contribution in [-0.2, 0) is 0 Å². The van der Waals surface area contributed by atoms with E-state index < -0.39 is 0 Å². The summed E-state index contributed by atoms with van der Waals surface area (Å²) in [6.07, 6.45) is 4.11. The second kappa shape index (κ2) is 9.45. The third kappa shape index (κ3) is 4.25. The smallest absolute Gasteiger partial charge is 0.270 e. The van der Waals surface area contributed by atoms with Gasteiger partial charge in [-0.2, -0.15) is 0 Å². The predicted molar refractivity (Wildman–Crippen MR) is 147 cm³/mol. The van der Waals surface area contributed by atoms with E-state index in [1.807, 2.05) is 58.1 Å². The Labute approximate surface area is 221 Å². The van der Waals surface area contributed by atoms with Gasteiger partial charge < -0.3 is 10.2 Å². The number of hydrogen-bond donors (Lipinski definition) is 1. The molecule has 2 aromatic carbocycles. The lowest BCUT2D eigenvalue weighted by molar-refractivity contribution is 0.0697. The third-order valence-corrected chi connectivity index (χ3v) is 8.94. The summed E-state index contributed by atoms with van der Waals surface area (Å²) in [6, 6.07) is 16.2. The lowest BCUT2D eigenvalue weighted by Gasteiger charge is -2.29. The molecule has 1 saturated heterocycles. The van der Waals surface area contributed by atoms with Crippen LogP contribution in [0.3, 0.4) is 0 Å². The largest absolute Gasteiger partial charge is 0.349 e. The lowest BCUT2D eigenvalue weighted by Crippen LogP contribution is -2.46. The predicted octanol–water partition coefficient (Wildman–Crippen LogP) is 5.60. The zero-order valence-electron chi connectivity index (χ0n) is 21.5. The highest BCUT2D eigenvalue weighted by Gasteiger charge is 2.48. The SMILES string of the molecule is Cc1cccc(-c2ccccc2C(=O)N2C[C@@H]3CC(C)C[C@@H]3[C@H]2CNC(=O)c2c(C)nc3sccn23)c1. The number of aromatic nitrogens is 2. The van der Waals surface area contributed by atoms with Gasteiger partial charge >= 0.3 is 0 Å². The van der Waals surface area contributed by atoms with Gasteiger partial charge in [0.05, 0.1) is 11.7 Å². The molecule has 1 unspecified atom stereocenters. The lowest BCUT2D eigenvalue weighted by atomic mass is 9.93. The summed E-state index contributed by atoms with van der Waals surface area (Å²) in [7, 11) is 0. The second-order valence-corrected chi connectivity index (χ2v) is 11.6. The van der Waals surface area contributed by atoms with E-state index in [0.717, 1.165) is 46.7 Å². The van der Waals surface area contributed by atoms with E-state index in [4.69, 9.17) is 0 Å². The first-order chi connectivity index (χ1) is 17.9. The number of nitrogens with one attached hydrogen (secondary N) is 1. The van der Waals surface area contributed by atoms with Crippen LogP contribution in [0.2, 0.25) is 0 Å². The summed E-state index contributed by atoms with van der Waals surface area (Å²) in [5.41, 5.74) is 5.21. The minimum absolute atomic E-state index is 0.0249. The average molecular weight is 513 g/mol. The maximum atomic E-state index is 14.1. The van der Waals surface area contributed by atoms with E-state index in [-0.39, 0.29) is 17.9 Å². The number of nitrogens with zero attached hydrogens (tertiary/aromatic N) is 3. The van der Waals surface area contributed by atoms with Gasteiger partial charge in [0.15, 0.2) is 4.96 Å². The van der Waals surface area contributed by atoms with E-state index >= 15 is 0 Å². The van der Waals surface area contributed by atoms with Crippen molar-refractivity contribution in [1.82, 2.24) is 19.6 Å². The number of amides is 2. The van der Waals surface area contributed by atoms with Gasteiger partial charge in [-0.3, -0.25) is 14.0 Å². The molecule has 1 saturated carbocycles. The molecule has 3 heterocycles. The highest BCUT2D eigenvalue weighted by molar-refractivity contribution is 7.15. The van der Waals surface area contributed by atoms with Gasteiger partial charge in [0.25, 0.3) is 11.8 Å². The van der Waals surface area contributed by atoms with Crippen LogP contribution >= 0.6 is 11.3 Å². The Bertz CT molecular complexity index is 1490. The maximum absolute atomic E-state index is 14.1. The molecule has 1 aliphatic carbocycles. The fourth-order valence-electron chi connectivity index (χ4n) is 6.58. The van der Waals surface area contributed by atoms with E-state index in [2.05, 4.69) is 42.3 Å². The first kappa shape index (κ1) is 23.9. The van der Waals surface area contributed by atoms with Crippen molar-refractivity contribution in [2.45, 2.75) is 39.7 Å². The number of likely N-dealkylation sites (tertiary alicyclic amines) is 1. The van der Waals surface area contributed by atoms with Crippen LogP contribution in [0.5, 0.6) is 0 Å². The Morgan fingerprint density at radius 3 is 2.78 bits per heavy atom. The molecule has 2 aromatic heterocycles. The molecule has 2 fully saturated rings. The number of carbonyl (C=O) groups is 2. The monoisotopic (exact) mass is 512 g/mol. The van der Waals surface area contributed by atoms with Crippen molar-refractivity contribution in [3.63, 3.8) is 0 Å². The number of imidazole rings is 1. The summed E-state index contributed by atoms with van der Waals surface area (Å²) in [5, 5.41) is 5.11. The molecule has 0 radical (unpaired) electrons. The van der Waals surface area contributed by atoms with Crippen molar-refractivity contribution in [2.75, 3.05) is 13.1 Å². The fraction of sp³-hybridized carbons (Fsp3) is 0.367. The van der Waals surface area contributed by atoms with Crippen molar-refractivity contribution in [1.29, 1.82) is 0 Å². The highest BCUT2D eigenvalue weighted by atomic mass is 32.1. The van der Waals surface area contributed by atoms with Crippen LogP contribution in [0.4, 0.5) is 0 Å². The van der Waals surface area contributed by atoms with Crippen LogP contribution in [0.1, 0.15) is 51.9 Å². The molecule has 0 bridgehead atoms. The van der Waals surface area contributed by atoms with Crippen LogP contribution in [-0.4, -0.2) is 45.2 Å². The second-order valence-electron chi connectivity index (χ2n) is 10.8. The minimum Gasteiger partial charge on any atom is -0.349 e.